The predicted octanol–water partition coefficient (Wildman–Crippen LogP) is 6.82. The highest BCUT2D eigenvalue weighted by molar-refractivity contribution is 9.10. The molecule has 8 aromatic heterocycles. The Morgan fingerprint density at radius 3 is 0.891 bits per heavy atom. The van der Waals surface area contributed by atoms with Crippen LogP contribution in [0.4, 0.5) is 17.1 Å². The third-order valence-corrected chi connectivity index (χ3v) is 24.2. The van der Waals surface area contributed by atoms with Gasteiger partial charge in [0, 0.05) is 157 Å². The molecule has 8 fully saturated rings. The van der Waals surface area contributed by atoms with Gasteiger partial charge in [-0.3, -0.25) is 38.3 Å². The Hall–Kier alpha value is -6.99. The van der Waals surface area contributed by atoms with E-state index in [1.54, 1.807) is 31.1 Å². The van der Waals surface area contributed by atoms with Crippen molar-refractivity contribution in [2.45, 2.75) is 76.0 Å². The van der Waals surface area contributed by atoms with Crippen molar-refractivity contribution >= 4 is 123 Å². The first kappa shape index (κ1) is 78.3. The normalized spacial score (nSPS) is 21.3. The summed E-state index contributed by atoms with van der Waals surface area (Å²) in [5.41, 5.74) is 11.1. The minimum atomic E-state index is 0. The number of benzene rings is 4. The summed E-state index contributed by atoms with van der Waals surface area (Å²) in [5.74, 6) is 0. The first-order valence-corrected chi connectivity index (χ1v) is 39.7. The van der Waals surface area contributed by atoms with E-state index in [2.05, 4.69) is 142 Å². The smallest absolute Gasteiger partial charge is 0.103 e. The Morgan fingerprint density at radius 2 is 0.636 bits per heavy atom. The molecule has 584 valence electrons. The molecule has 4 aromatic carbocycles. The van der Waals surface area contributed by atoms with E-state index in [-0.39, 0.29) is 24.0 Å². The SMILES string of the molecule is CC1CN(C2COC2)CCN1.CC1CN(C2COC2)CCN1c1cc2c(cnn2-c2cnn(C)c2)cc1Cl.CC1CN(C2COC2)CCN1c1cc2c(cnn2-c2cnn(C)c2)cc1Cl.CC1CN(C2COC2)CCN1c1cc2c(cnn2-c2cnn(C)c2)cc1Cl.Cn1cc(-n2ncc3cc(Cl)c(Br)cc32)cn1.[I-]. The highest BCUT2D eigenvalue weighted by Gasteiger charge is 2.37. The number of nitrogens with one attached hydrogen (secondary N) is 1. The number of aryl methyl sites for hydroxylation is 4. The molecule has 0 bridgehead atoms. The number of ether oxygens (including phenoxy) is 4. The van der Waals surface area contributed by atoms with Crippen molar-refractivity contribution in [1.82, 2.24) is 103 Å². The molecular weight excluding hydrogens is 1660 g/mol. The minimum Gasteiger partial charge on any atom is -1.00 e. The van der Waals surface area contributed by atoms with Gasteiger partial charge in [-0.1, -0.05) is 46.4 Å². The maximum Gasteiger partial charge on any atom is 0.103 e. The lowest BCUT2D eigenvalue weighted by atomic mass is 10.1. The van der Waals surface area contributed by atoms with Crippen molar-refractivity contribution < 1.29 is 42.9 Å². The molecule has 0 spiro atoms. The van der Waals surface area contributed by atoms with E-state index in [1.165, 1.54) is 13.1 Å². The van der Waals surface area contributed by atoms with Gasteiger partial charge in [0.25, 0.3) is 0 Å². The van der Waals surface area contributed by atoms with Crippen LogP contribution in [0, 0.1) is 0 Å². The van der Waals surface area contributed by atoms with Crippen LogP contribution in [0.15, 0.2) is 127 Å². The average molecular weight is 1760 g/mol. The summed E-state index contributed by atoms with van der Waals surface area (Å²) < 4.78 is 36.8. The van der Waals surface area contributed by atoms with Crippen molar-refractivity contribution in [1.29, 1.82) is 0 Å². The number of nitrogens with zero attached hydrogens (tertiary/aromatic N) is 23. The van der Waals surface area contributed by atoms with Gasteiger partial charge in [-0.2, -0.15) is 40.8 Å². The molecule has 8 aliphatic rings. The van der Waals surface area contributed by atoms with Gasteiger partial charge >= 0.3 is 0 Å². The molecule has 12 aromatic rings. The first-order chi connectivity index (χ1) is 52.8. The zero-order valence-corrected chi connectivity index (χ0v) is 69.8. The standard InChI is InChI=1S/3C19H23ClN6O.C11H8BrClN4.C8H16N2O.HI/c3*1-13-9-24(16-11-27-12-16)3-4-25(13)19-6-18-14(5-17(19)20)7-22-26(18)15-8-21-23(2)10-15;1-16-6-8(5-14-16)17-11-3-9(12)10(13)2-7(11)4-15-17;1-7-4-10(3-2-9-7)8-5-11-6-8;/h3*5-8,10,13,16H,3-4,9,11-12H2,1-2H3;2-6H,1H3;7-9H,2-6H2,1H3;1H/p-1. The maximum atomic E-state index is 6.67. The summed E-state index contributed by atoms with van der Waals surface area (Å²) in [6.07, 6.45) is 22.4. The molecule has 20 rings (SSSR count). The molecular formula is C76H93BrCl4IN24O4-. The fourth-order valence-electron chi connectivity index (χ4n) is 15.7. The maximum absolute atomic E-state index is 6.67. The van der Waals surface area contributed by atoms with Gasteiger partial charge in [0.05, 0.1) is 211 Å². The summed E-state index contributed by atoms with van der Waals surface area (Å²) in [6, 6.07) is 20.7. The average Bonchev–Trinajstić information content (AvgIpc) is 1.59. The first-order valence-electron chi connectivity index (χ1n) is 37.4. The molecule has 0 saturated carbocycles. The Balaban J connectivity index is 0.000000112. The molecule has 34 heteroatoms. The van der Waals surface area contributed by atoms with Crippen molar-refractivity contribution in [3.8, 4) is 22.7 Å². The van der Waals surface area contributed by atoms with Crippen molar-refractivity contribution in [3.63, 3.8) is 0 Å². The van der Waals surface area contributed by atoms with E-state index in [4.69, 9.17) is 65.4 Å². The molecule has 16 heterocycles. The number of rotatable bonds is 11. The van der Waals surface area contributed by atoms with E-state index < -0.39 is 0 Å². The highest BCUT2D eigenvalue weighted by Crippen LogP contribution is 2.39. The van der Waals surface area contributed by atoms with Gasteiger partial charge in [-0.15, -0.1) is 0 Å². The zero-order chi connectivity index (χ0) is 75.3. The van der Waals surface area contributed by atoms with Gasteiger partial charge in [0.15, 0.2) is 0 Å². The van der Waals surface area contributed by atoms with E-state index in [0.717, 1.165) is 227 Å². The molecule has 110 heavy (non-hydrogen) atoms. The molecule has 0 aliphatic carbocycles. The summed E-state index contributed by atoms with van der Waals surface area (Å²) in [4.78, 5) is 17.4. The molecule has 8 aliphatic heterocycles. The second kappa shape index (κ2) is 34.0. The quantitative estimate of drug-likeness (QED) is 0.132. The van der Waals surface area contributed by atoms with Crippen LogP contribution in [0.2, 0.25) is 20.1 Å². The third-order valence-electron chi connectivity index (χ3n) is 22.1. The van der Waals surface area contributed by atoms with Crippen molar-refractivity contribution in [2.24, 2.45) is 28.2 Å². The van der Waals surface area contributed by atoms with Gasteiger partial charge in [-0.25, -0.2) is 18.7 Å². The van der Waals surface area contributed by atoms with E-state index in [9.17, 15) is 0 Å². The Bertz CT molecular complexity index is 4780. The van der Waals surface area contributed by atoms with Crippen LogP contribution in [0.5, 0.6) is 0 Å². The Morgan fingerprint density at radius 1 is 0.355 bits per heavy atom. The lowest BCUT2D eigenvalue weighted by Crippen LogP contribution is -3.00. The van der Waals surface area contributed by atoms with Crippen LogP contribution in [-0.2, 0) is 47.1 Å². The van der Waals surface area contributed by atoms with Gasteiger partial charge in [-0.05, 0) is 92.2 Å². The number of piperazine rings is 4. The van der Waals surface area contributed by atoms with Crippen LogP contribution in [0.25, 0.3) is 66.4 Å². The van der Waals surface area contributed by atoms with E-state index in [1.807, 2.05) is 139 Å². The van der Waals surface area contributed by atoms with E-state index >= 15 is 0 Å². The van der Waals surface area contributed by atoms with Gasteiger partial charge < -0.3 is 62.9 Å². The summed E-state index contributed by atoms with van der Waals surface area (Å²) in [7, 11) is 7.60. The van der Waals surface area contributed by atoms with E-state index in [0.29, 0.717) is 47.3 Å². The third kappa shape index (κ3) is 16.7. The number of anilines is 3. The molecule has 4 unspecified atom stereocenters. The second-order valence-electron chi connectivity index (χ2n) is 29.9. The molecule has 28 nitrogen and oxygen atoms in total. The monoisotopic (exact) mass is 1750 g/mol. The second-order valence-corrected chi connectivity index (χ2v) is 32.3. The summed E-state index contributed by atoms with van der Waals surface area (Å²) >= 11 is 29.5. The largest absolute Gasteiger partial charge is 1.00 e. The number of aromatic nitrogens is 16. The van der Waals surface area contributed by atoms with Crippen LogP contribution in [0.1, 0.15) is 27.7 Å². The van der Waals surface area contributed by atoms with Crippen LogP contribution in [0.3, 0.4) is 0 Å². The van der Waals surface area contributed by atoms with Crippen LogP contribution >= 0.6 is 62.3 Å². The fourth-order valence-corrected chi connectivity index (χ4v) is 17.1. The number of fused-ring (bicyclic) bond motifs is 4. The fraction of sp³-hybridized carbons (Fsp3) is 0.474. The molecule has 0 radical (unpaired) electrons. The zero-order valence-electron chi connectivity index (χ0n) is 63.0. The molecule has 0 amide bonds. The van der Waals surface area contributed by atoms with Crippen LogP contribution in [-0.4, -0.2) is 278 Å². The summed E-state index contributed by atoms with van der Waals surface area (Å²) in [6.45, 7) is 28.7. The van der Waals surface area contributed by atoms with Gasteiger partial charge in [0.1, 0.15) is 22.7 Å². The predicted molar refractivity (Wildman–Crippen MR) is 432 cm³/mol. The highest BCUT2D eigenvalue weighted by atomic mass is 127. The molecule has 8 saturated heterocycles. The molecule has 4 atom stereocenters. The topological polar surface area (TPSA) is 214 Å². The Labute approximate surface area is 684 Å². The van der Waals surface area contributed by atoms with Crippen LogP contribution < -0.4 is 44.0 Å². The Kier molecular flexibility index (Phi) is 24.2. The lowest BCUT2D eigenvalue weighted by Gasteiger charge is -2.46. The molecule has 1 N–H and O–H groups in total. The number of hydrogen-bond acceptors (Lipinski definition) is 20. The minimum absolute atomic E-state index is 0. The lowest BCUT2D eigenvalue weighted by molar-refractivity contribution is -0.0714. The number of halogens is 6. The van der Waals surface area contributed by atoms with Crippen molar-refractivity contribution in [2.75, 3.05) is 146 Å². The summed E-state index contributed by atoms with van der Waals surface area (Å²) in [5, 5.41) is 45.5. The number of hydrogen-bond donors (Lipinski definition) is 1. The van der Waals surface area contributed by atoms with Crippen molar-refractivity contribution in [3.05, 3.63) is 147 Å². The van der Waals surface area contributed by atoms with Gasteiger partial charge in [0.2, 0.25) is 0 Å².